The van der Waals surface area contributed by atoms with E-state index in [1.165, 1.54) is 16.3 Å². The molecule has 2 nitrogen and oxygen atoms in total. The second-order valence-electron chi connectivity index (χ2n) is 5.99. The zero-order valence-electron chi connectivity index (χ0n) is 12.0. The minimum atomic E-state index is -0.458. The maximum absolute atomic E-state index is 6.48. The fourth-order valence-corrected chi connectivity index (χ4v) is 3.46. The number of ether oxygens (including phenoxy) is 1. The van der Waals surface area contributed by atoms with Crippen LogP contribution in [0.25, 0.3) is 16.8 Å². The van der Waals surface area contributed by atoms with Gasteiger partial charge in [-0.3, -0.25) is 0 Å². The van der Waals surface area contributed by atoms with Gasteiger partial charge in [0.2, 0.25) is 5.72 Å². The summed E-state index contributed by atoms with van der Waals surface area (Å²) in [6.07, 6.45) is 5.16. The molecule has 0 fully saturated rings. The molecule has 1 spiro atoms. The summed E-state index contributed by atoms with van der Waals surface area (Å²) in [5.41, 5.74) is 3.15. The van der Waals surface area contributed by atoms with Crippen LogP contribution in [0.15, 0.2) is 66.7 Å². The number of para-hydroxylation sites is 1. The van der Waals surface area contributed by atoms with E-state index in [0.29, 0.717) is 0 Å². The second kappa shape index (κ2) is 4.14. The molecule has 1 atom stereocenters. The average molecular weight is 285 g/mol. The highest BCUT2D eigenvalue weighted by atomic mass is 16.5. The molecule has 2 aliphatic heterocycles. The topological polar surface area (TPSA) is 21.3 Å². The van der Waals surface area contributed by atoms with Crippen LogP contribution >= 0.6 is 0 Å². The van der Waals surface area contributed by atoms with E-state index in [1.807, 2.05) is 0 Å². The zero-order chi connectivity index (χ0) is 14.6. The molecular formula is C20H15NO. The van der Waals surface area contributed by atoms with Crippen molar-refractivity contribution in [3.05, 3.63) is 77.9 Å². The van der Waals surface area contributed by atoms with Crippen LogP contribution in [0, 0.1) is 0 Å². The van der Waals surface area contributed by atoms with Gasteiger partial charge in [0.1, 0.15) is 5.75 Å². The molecule has 0 radical (unpaired) electrons. The fraction of sp³-hybridized carbons (Fsp3) is 0.100. The molecule has 0 bridgehead atoms. The fourth-order valence-electron chi connectivity index (χ4n) is 3.46. The van der Waals surface area contributed by atoms with E-state index in [9.17, 15) is 0 Å². The first-order chi connectivity index (χ1) is 10.8. The van der Waals surface area contributed by atoms with E-state index < -0.39 is 5.72 Å². The van der Waals surface area contributed by atoms with E-state index in [0.717, 1.165) is 23.4 Å². The van der Waals surface area contributed by atoms with E-state index in [2.05, 4.69) is 78.1 Å². The van der Waals surface area contributed by atoms with Crippen LogP contribution in [0.1, 0.15) is 11.1 Å². The van der Waals surface area contributed by atoms with Crippen LogP contribution in [0.2, 0.25) is 0 Å². The molecular weight excluding hydrogens is 270 g/mol. The Kier molecular flexibility index (Phi) is 2.23. The molecule has 22 heavy (non-hydrogen) atoms. The van der Waals surface area contributed by atoms with Crippen LogP contribution in [-0.4, -0.2) is 5.72 Å². The van der Waals surface area contributed by atoms with Crippen LogP contribution < -0.4 is 10.1 Å². The maximum atomic E-state index is 6.48. The first-order valence-corrected chi connectivity index (χ1v) is 7.59. The van der Waals surface area contributed by atoms with Crippen molar-refractivity contribution in [3.8, 4) is 5.75 Å². The summed E-state index contributed by atoms with van der Waals surface area (Å²) < 4.78 is 6.48. The molecule has 5 rings (SSSR count). The van der Waals surface area contributed by atoms with Gasteiger partial charge in [-0.05, 0) is 29.2 Å². The van der Waals surface area contributed by atoms with Crippen molar-refractivity contribution in [1.29, 1.82) is 0 Å². The summed E-state index contributed by atoms with van der Waals surface area (Å²) in [5.74, 6) is 0.973. The van der Waals surface area contributed by atoms with Crippen molar-refractivity contribution in [2.45, 2.75) is 12.1 Å². The Morgan fingerprint density at radius 1 is 0.909 bits per heavy atom. The van der Waals surface area contributed by atoms with Crippen LogP contribution in [0.4, 0.5) is 5.69 Å². The van der Waals surface area contributed by atoms with Crippen LogP contribution in [0.5, 0.6) is 5.75 Å². The lowest BCUT2D eigenvalue weighted by molar-refractivity contribution is 0.158. The van der Waals surface area contributed by atoms with Gasteiger partial charge in [-0.2, -0.15) is 0 Å². The number of anilines is 1. The standard InChI is InChI=1S/C20H15NO/c1-3-7-17-14(5-1)9-10-15-11-12-20(22-19(15)17)13-16-6-2-4-8-18(16)21-20/h1-12,21H,13H2. The van der Waals surface area contributed by atoms with E-state index in [-0.39, 0.29) is 0 Å². The number of nitrogens with one attached hydrogen (secondary N) is 1. The smallest absolute Gasteiger partial charge is 0.204 e. The molecule has 0 saturated carbocycles. The van der Waals surface area contributed by atoms with Crippen molar-refractivity contribution in [3.63, 3.8) is 0 Å². The van der Waals surface area contributed by atoms with Gasteiger partial charge in [0.15, 0.2) is 0 Å². The van der Waals surface area contributed by atoms with E-state index in [1.54, 1.807) is 0 Å². The normalized spacial score (nSPS) is 21.3. The number of fused-ring (bicyclic) bond motifs is 4. The first-order valence-electron chi connectivity index (χ1n) is 7.59. The van der Waals surface area contributed by atoms with Crippen molar-refractivity contribution < 1.29 is 4.74 Å². The van der Waals surface area contributed by atoms with Crippen LogP contribution in [-0.2, 0) is 6.42 Å². The van der Waals surface area contributed by atoms with Crippen molar-refractivity contribution in [1.82, 2.24) is 0 Å². The summed E-state index contributed by atoms with van der Waals surface area (Å²) >= 11 is 0. The van der Waals surface area contributed by atoms with Crippen molar-refractivity contribution in [2.75, 3.05) is 5.32 Å². The van der Waals surface area contributed by atoms with Gasteiger partial charge in [-0.15, -0.1) is 0 Å². The number of rotatable bonds is 0. The Hall–Kier alpha value is -2.74. The van der Waals surface area contributed by atoms with Gasteiger partial charge in [-0.1, -0.05) is 54.6 Å². The van der Waals surface area contributed by atoms with Gasteiger partial charge >= 0.3 is 0 Å². The number of benzene rings is 3. The minimum Gasteiger partial charge on any atom is -0.463 e. The van der Waals surface area contributed by atoms with Crippen molar-refractivity contribution in [2.24, 2.45) is 0 Å². The third-order valence-corrected chi connectivity index (χ3v) is 4.54. The molecule has 0 aliphatic carbocycles. The monoisotopic (exact) mass is 285 g/mol. The van der Waals surface area contributed by atoms with Gasteiger partial charge in [0.05, 0.1) is 0 Å². The van der Waals surface area contributed by atoms with Gasteiger partial charge in [0.25, 0.3) is 0 Å². The average Bonchev–Trinajstić information content (AvgIpc) is 2.92. The maximum Gasteiger partial charge on any atom is 0.204 e. The second-order valence-corrected chi connectivity index (χ2v) is 5.99. The molecule has 0 amide bonds. The van der Waals surface area contributed by atoms with E-state index >= 15 is 0 Å². The Labute approximate surface area is 129 Å². The predicted molar refractivity (Wildman–Crippen MR) is 90.1 cm³/mol. The third kappa shape index (κ3) is 1.61. The SMILES string of the molecule is C1=CC2(Cc3ccccc3N2)Oc2c1ccc1ccccc21. The summed E-state index contributed by atoms with van der Waals surface area (Å²) in [4.78, 5) is 0. The molecule has 2 aliphatic rings. The minimum absolute atomic E-state index is 0.458. The highest BCUT2D eigenvalue weighted by Gasteiger charge is 2.39. The molecule has 0 aromatic heterocycles. The zero-order valence-corrected chi connectivity index (χ0v) is 12.0. The molecule has 2 heteroatoms. The lowest BCUT2D eigenvalue weighted by Gasteiger charge is -2.32. The quantitative estimate of drug-likeness (QED) is 0.651. The summed E-state index contributed by atoms with van der Waals surface area (Å²) in [7, 11) is 0. The van der Waals surface area contributed by atoms with Crippen molar-refractivity contribution >= 4 is 22.5 Å². The highest BCUT2D eigenvalue weighted by Crippen LogP contribution is 2.42. The predicted octanol–water partition coefficient (Wildman–Crippen LogP) is 4.61. The number of hydrogen-bond acceptors (Lipinski definition) is 2. The Morgan fingerprint density at radius 3 is 2.73 bits per heavy atom. The Bertz CT molecular complexity index is 901. The molecule has 1 N–H and O–H groups in total. The molecule has 1 unspecified atom stereocenters. The highest BCUT2D eigenvalue weighted by molar-refractivity contribution is 5.92. The van der Waals surface area contributed by atoms with Gasteiger partial charge in [0, 0.05) is 23.1 Å². The molecule has 2 heterocycles. The largest absolute Gasteiger partial charge is 0.463 e. The molecule has 3 aromatic carbocycles. The third-order valence-electron chi connectivity index (χ3n) is 4.54. The summed E-state index contributed by atoms with van der Waals surface area (Å²) in [6, 6.07) is 21.1. The molecule has 106 valence electrons. The lowest BCUT2D eigenvalue weighted by atomic mass is 9.99. The van der Waals surface area contributed by atoms with E-state index in [4.69, 9.17) is 4.74 Å². The van der Waals surface area contributed by atoms with Crippen LogP contribution in [0.3, 0.4) is 0 Å². The molecule has 3 aromatic rings. The first kappa shape index (κ1) is 11.9. The molecule has 0 saturated heterocycles. The summed E-state index contributed by atoms with van der Waals surface area (Å²) in [6.45, 7) is 0. The Morgan fingerprint density at radius 2 is 1.77 bits per heavy atom. The Balaban J connectivity index is 1.64. The lowest BCUT2D eigenvalue weighted by Crippen LogP contribution is -2.42. The summed E-state index contributed by atoms with van der Waals surface area (Å²) in [5, 5.41) is 5.92. The van der Waals surface area contributed by atoms with Gasteiger partial charge in [-0.25, -0.2) is 0 Å². The number of hydrogen-bond donors (Lipinski definition) is 1. The van der Waals surface area contributed by atoms with Gasteiger partial charge < -0.3 is 10.1 Å².